The summed E-state index contributed by atoms with van der Waals surface area (Å²) in [4.78, 5) is 1.84. The molecule has 6 heteroatoms. The molecule has 3 nitrogen and oxygen atoms in total. The number of halogens is 3. The summed E-state index contributed by atoms with van der Waals surface area (Å²) in [5.41, 5.74) is 2.17. The number of nitrogens with one attached hydrogen (secondary N) is 2. The van der Waals surface area contributed by atoms with E-state index in [1.807, 2.05) is 48.2 Å². The Hall–Kier alpha value is -2.21. The van der Waals surface area contributed by atoms with E-state index in [2.05, 4.69) is 10.6 Å². The van der Waals surface area contributed by atoms with E-state index >= 15 is 0 Å². The Morgan fingerprint density at radius 2 is 1.93 bits per heavy atom. The summed E-state index contributed by atoms with van der Waals surface area (Å²) in [6.45, 7) is 3.53. The lowest BCUT2D eigenvalue weighted by atomic mass is 9.89. The van der Waals surface area contributed by atoms with Crippen LogP contribution in [0.25, 0.3) is 0 Å². The van der Waals surface area contributed by atoms with Crippen molar-refractivity contribution in [1.29, 1.82) is 0 Å². The Kier molecular flexibility index (Phi) is 4.54. The molecule has 0 spiro atoms. The van der Waals surface area contributed by atoms with E-state index in [-0.39, 0.29) is 18.0 Å². The summed E-state index contributed by atoms with van der Waals surface area (Å²) in [6, 6.07) is 13.0. The van der Waals surface area contributed by atoms with Crippen LogP contribution in [-0.4, -0.2) is 26.2 Å². The van der Waals surface area contributed by atoms with Crippen LogP contribution < -0.4 is 15.5 Å². The molecular weight excluding hydrogens is 351 g/mol. The molecule has 3 atom stereocenters. The Morgan fingerprint density at radius 3 is 2.63 bits per heavy atom. The lowest BCUT2D eigenvalue weighted by Crippen LogP contribution is -2.42. The van der Waals surface area contributed by atoms with Gasteiger partial charge in [0.2, 0.25) is 0 Å². The molecule has 0 amide bonds. The van der Waals surface area contributed by atoms with Gasteiger partial charge in [0.15, 0.2) is 0 Å². The molecule has 0 saturated carbocycles. The average molecular weight is 375 g/mol. The highest BCUT2D eigenvalue weighted by Crippen LogP contribution is 2.50. The van der Waals surface area contributed by atoms with Crippen LogP contribution in [0.1, 0.15) is 42.0 Å². The van der Waals surface area contributed by atoms with Gasteiger partial charge in [0.1, 0.15) is 0 Å². The van der Waals surface area contributed by atoms with Gasteiger partial charge >= 0.3 is 6.18 Å². The predicted octanol–water partition coefficient (Wildman–Crippen LogP) is 4.77. The maximum atomic E-state index is 13.9. The first-order valence-electron chi connectivity index (χ1n) is 9.36. The number of rotatable bonds is 3. The molecule has 0 aliphatic carbocycles. The number of fused-ring (bicyclic) bond motifs is 3. The summed E-state index contributed by atoms with van der Waals surface area (Å²) in [5.74, 6) is 0.0913. The number of hydrogen-bond donors (Lipinski definition) is 2. The van der Waals surface area contributed by atoms with Gasteiger partial charge in [0.05, 0.1) is 11.3 Å². The van der Waals surface area contributed by atoms with Crippen LogP contribution in [0.2, 0.25) is 0 Å². The van der Waals surface area contributed by atoms with Gasteiger partial charge in [0.25, 0.3) is 0 Å². The van der Waals surface area contributed by atoms with Gasteiger partial charge in [-0.15, -0.1) is 0 Å². The zero-order valence-electron chi connectivity index (χ0n) is 15.5. The van der Waals surface area contributed by atoms with Gasteiger partial charge in [0, 0.05) is 37.3 Å². The first kappa shape index (κ1) is 18.2. The summed E-state index contributed by atoms with van der Waals surface area (Å²) >= 11 is 0. The Balaban J connectivity index is 1.75. The van der Waals surface area contributed by atoms with Crippen LogP contribution in [0.4, 0.5) is 24.5 Å². The molecule has 0 bridgehead atoms. The zero-order chi connectivity index (χ0) is 19.2. The van der Waals surface area contributed by atoms with Crippen LogP contribution >= 0.6 is 0 Å². The number of nitrogens with zero attached hydrogens (tertiary/aromatic N) is 1. The number of likely N-dealkylation sites (N-methyl/N-ethyl adjacent to an activating group) is 1. The number of hydrogen-bond acceptors (Lipinski definition) is 3. The van der Waals surface area contributed by atoms with E-state index in [0.29, 0.717) is 11.4 Å². The van der Waals surface area contributed by atoms with Crippen molar-refractivity contribution in [3.8, 4) is 0 Å². The standard InChI is InChI=1S/C21H24F3N3/c1-13(14-6-4-3-5-7-14)26-15-10-16-17-12-25-9-8-19(17)27(2)20(16)18(11-15)21(22,23)24/h3-7,10-11,13,17,19,25-26H,8-9,12H2,1-2H3/t13?,17-,19-/m0/s1. The molecule has 1 unspecified atom stereocenters. The molecule has 4 rings (SSSR count). The monoisotopic (exact) mass is 375 g/mol. The van der Waals surface area contributed by atoms with E-state index in [0.717, 1.165) is 30.6 Å². The summed E-state index contributed by atoms with van der Waals surface area (Å²) in [7, 11) is 1.80. The molecule has 0 radical (unpaired) electrons. The highest BCUT2D eigenvalue weighted by atomic mass is 19.4. The van der Waals surface area contributed by atoms with Crippen molar-refractivity contribution in [2.75, 3.05) is 30.4 Å². The highest BCUT2D eigenvalue weighted by Gasteiger charge is 2.45. The molecule has 27 heavy (non-hydrogen) atoms. The molecule has 1 fully saturated rings. The van der Waals surface area contributed by atoms with Gasteiger partial charge in [-0.3, -0.25) is 0 Å². The van der Waals surface area contributed by atoms with Crippen molar-refractivity contribution in [3.63, 3.8) is 0 Å². The fraction of sp³-hybridized carbons (Fsp3) is 0.429. The molecule has 2 aliphatic rings. The van der Waals surface area contributed by atoms with Crippen molar-refractivity contribution in [3.05, 3.63) is 59.2 Å². The molecular formula is C21H24F3N3. The minimum atomic E-state index is -4.38. The molecule has 2 aromatic carbocycles. The van der Waals surface area contributed by atoms with Crippen molar-refractivity contribution in [2.24, 2.45) is 0 Å². The third kappa shape index (κ3) is 3.27. The Labute approximate surface area is 157 Å². The lowest BCUT2D eigenvalue weighted by molar-refractivity contribution is -0.137. The van der Waals surface area contributed by atoms with Crippen LogP contribution in [-0.2, 0) is 6.18 Å². The summed E-state index contributed by atoms with van der Waals surface area (Å²) < 4.78 is 41.6. The summed E-state index contributed by atoms with van der Waals surface area (Å²) in [6.07, 6.45) is -3.52. The fourth-order valence-corrected chi connectivity index (χ4v) is 4.50. The van der Waals surface area contributed by atoms with Crippen LogP contribution in [0.5, 0.6) is 0 Å². The fourth-order valence-electron chi connectivity index (χ4n) is 4.50. The number of piperidine rings is 1. The molecule has 2 N–H and O–H groups in total. The lowest BCUT2D eigenvalue weighted by Gasteiger charge is -2.31. The van der Waals surface area contributed by atoms with E-state index < -0.39 is 11.7 Å². The van der Waals surface area contributed by atoms with E-state index in [1.54, 1.807) is 7.05 Å². The first-order valence-corrected chi connectivity index (χ1v) is 9.36. The van der Waals surface area contributed by atoms with Gasteiger partial charge in [-0.25, -0.2) is 0 Å². The Bertz CT molecular complexity index is 819. The smallest absolute Gasteiger partial charge is 0.378 e. The molecule has 2 heterocycles. The molecule has 144 valence electrons. The molecule has 2 aliphatic heterocycles. The van der Waals surface area contributed by atoms with Crippen molar-refractivity contribution in [2.45, 2.75) is 37.5 Å². The first-order chi connectivity index (χ1) is 12.9. The van der Waals surface area contributed by atoms with Gasteiger partial charge in [-0.1, -0.05) is 30.3 Å². The number of anilines is 2. The van der Waals surface area contributed by atoms with Crippen LogP contribution in [0.3, 0.4) is 0 Å². The maximum Gasteiger partial charge on any atom is 0.418 e. The molecule has 2 aromatic rings. The maximum absolute atomic E-state index is 13.9. The van der Waals surface area contributed by atoms with E-state index in [1.165, 1.54) is 6.07 Å². The predicted molar refractivity (Wildman–Crippen MR) is 102 cm³/mol. The Morgan fingerprint density at radius 1 is 1.19 bits per heavy atom. The molecule has 1 saturated heterocycles. The minimum Gasteiger partial charge on any atom is -0.378 e. The average Bonchev–Trinajstić information content (AvgIpc) is 2.94. The largest absolute Gasteiger partial charge is 0.418 e. The van der Waals surface area contributed by atoms with Crippen LogP contribution in [0.15, 0.2) is 42.5 Å². The minimum absolute atomic E-state index is 0.0789. The number of alkyl halides is 3. The third-order valence-electron chi connectivity index (χ3n) is 5.82. The van der Waals surface area contributed by atoms with Gasteiger partial charge in [-0.05, 0) is 43.1 Å². The second kappa shape index (κ2) is 6.75. The zero-order valence-corrected chi connectivity index (χ0v) is 15.5. The topological polar surface area (TPSA) is 27.3 Å². The summed E-state index contributed by atoms with van der Waals surface area (Å²) in [5, 5.41) is 6.61. The van der Waals surface area contributed by atoms with E-state index in [9.17, 15) is 13.2 Å². The highest BCUT2D eigenvalue weighted by molar-refractivity contribution is 5.72. The second-order valence-corrected chi connectivity index (χ2v) is 7.51. The van der Waals surface area contributed by atoms with Crippen molar-refractivity contribution >= 4 is 11.4 Å². The SMILES string of the molecule is CC(Nc1cc2c(c(C(F)(F)F)c1)N(C)[C@H]1CCNC[C@@H]21)c1ccccc1. The van der Waals surface area contributed by atoms with Crippen molar-refractivity contribution < 1.29 is 13.2 Å². The van der Waals surface area contributed by atoms with Gasteiger partial charge < -0.3 is 15.5 Å². The number of benzene rings is 2. The molecule has 0 aromatic heterocycles. The third-order valence-corrected chi connectivity index (χ3v) is 5.82. The van der Waals surface area contributed by atoms with Crippen LogP contribution in [0, 0.1) is 0 Å². The quantitative estimate of drug-likeness (QED) is 0.809. The van der Waals surface area contributed by atoms with Gasteiger partial charge in [-0.2, -0.15) is 13.2 Å². The van der Waals surface area contributed by atoms with E-state index in [4.69, 9.17) is 0 Å². The normalized spacial score (nSPS) is 22.9. The second-order valence-electron chi connectivity index (χ2n) is 7.51. The van der Waals surface area contributed by atoms with Crippen molar-refractivity contribution in [1.82, 2.24) is 5.32 Å².